The molecule has 3 nitrogen and oxygen atoms in total. The van der Waals surface area contributed by atoms with Gasteiger partial charge in [0.2, 0.25) is 0 Å². The SMILES string of the molecule is Fc1cc(N2CCOCC2)ncc1Br. The highest BCUT2D eigenvalue weighted by Crippen LogP contribution is 2.19. The summed E-state index contributed by atoms with van der Waals surface area (Å²) < 4.78 is 18.8. The highest BCUT2D eigenvalue weighted by Gasteiger charge is 2.13. The monoisotopic (exact) mass is 260 g/mol. The molecule has 0 spiro atoms. The third-order valence-electron chi connectivity index (χ3n) is 2.13. The van der Waals surface area contributed by atoms with E-state index in [0.717, 1.165) is 13.1 Å². The Morgan fingerprint density at radius 3 is 2.79 bits per heavy atom. The van der Waals surface area contributed by atoms with Crippen molar-refractivity contribution in [3.8, 4) is 0 Å². The molecule has 0 atom stereocenters. The fourth-order valence-electron chi connectivity index (χ4n) is 1.37. The largest absolute Gasteiger partial charge is 0.378 e. The molecular weight excluding hydrogens is 251 g/mol. The van der Waals surface area contributed by atoms with E-state index in [-0.39, 0.29) is 5.82 Å². The second kappa shape index (κ2) is 4.23. The molecule has 1 saturated heterocycles. The Labute approximate surface area is 90.0 Å². The molecule has 2 heterocycles. The van der Waals surface area contributed by atoms with Gasteiger partial charge in [0.15, 0.2) is 0 Å². The number of anilines is 1. The van der Waals surface area contributed by atoms with E-state index in [4.69, 9.17) is 4.74 Å². The van der Waals surface area contributed by atoms with Crippen LogP contribution in [0.4, 0.5) is 10.2 Å². The second-order valence-electron chi connectivity index (χ2n) is 3.06. The lowest BCUT2D eigenvalue weighted by atomic mass is 10.3. The minimum absolute atomic E-state index is 0.276. The Morgan fingerprint density at radius 1 is 1.43 bits per heavy atom. The number of hydrogen-bond acceptors (Lipinski definition) is 3. The first kappa shape index (κ1) is 9.86. The van der Waals surface area contributed by atoms with Crippen LogP contribution >= 0.6 is 15.9 Å². The van der Waals surface area contributed by atoms with Crippen molar-refractivity contribution in [3.05, 3.63) is 22.6 Å². The van der Waals surface area contributed by atoms with Gasteiger partial charge in [-0.25, -0.2) is 9.37 Å². The van der Waals surface area contributed by atoms with Gasteiger partial charge in [-0.3, -0.25) is 0 Å². The summed E-state index contributed by atoms with van der Waals surface area (Å²) in [5.41, 5.74) is 0. The van der Waals surface area contributed by atoms with Crippen molar-refractivity contribution in [1.82, 2.24) is 4.98 Å². The van der Waals surface area contributed by atoms with Gasteiger partial charge in [-0.2, -0.15) is 0 Å². The maximum Gasteiger partial charge on any atom is 0.142 e. The van der Waals surface area contributed by atoms with Crippen LogP contribution in [0, 0.1) is 5.82 Å². The number of aromatic nitrogens is 1. The number of morpholine rings is 1. The lowest BCUT2D eigenvalue weighted by molar-refractivity contribution is 0.122. The fourth-order valence-corrected chi connectivity index (χ4v) is 1.59. The lowest BCUT2D eigenvalue weighted by Crippen LogP contribution is -2.36. The molecule has 1 fully saturated rings. The van der Waals surface area contributed by atoms with Gasteiger partial charge in [0.25, 0.3) is 0 Å². The molecule has 0 aromatic carbocycles. The number of halogens is 2. The topological polar surface area (TPSA) is 25.4 Å². The Kier molecular flexibility index (Phi) is 2.98. The molecular formula is C9H10BrFN2O. The molecule has 0 aliphatic carbocycles. The standard InChI is InChI=1S/C9H10BrFN2O/c10-7-6-12-9(5-8(7)11)13-1-3-14-4-2-13/h5-6H,1-4H2. The van der Waals surface area contributed by atoms with Gasteiger partial charge >= 0.3 is 0 Å². The van der Waals surface area contributed by atoms with Crippen molar-refractivity contribution in [2.75, 3.05) is 31.2 Å². The molecule has 0 amide bonds. The Morgan fingerprint density at radius 2 is 2.14 bits per heavy atom. The summed E-state index contributed by atoms with van der Waals surface area (Å²) in [6.07, 6.45) is 1.49. The zero-order chi connectivity index (χ0) is 9.97. The van der Waals surface area contributed by atoms with E-state index < -0.39 is 0 Å². The summed E-state index contributed by atoms with van der Waals surface area (Å²) in [5.74, 6) is 0.399. The van der Waals surface area contributed by atoms with E-state index in [9.17, 15) is 4.39 Å². The fraction of sp³-hybridized carbons (Fsp3) is 0.444. The maximum absolute atomic E-state index is 13.2. The van der Waals surface area contributed by atoms with Crippen molar-refractivity contribution in [2.24, 2.45) is 0 Å². The van der Waals surface area contributed by atoms with Gasteiger partial charge in [-0.15, -0.1) is 0 Å². The highest BCUT2D eigenvalue weighted by atomic mass is 79.9. The van der Waals surface area contributed by atoms with Crippen LogP contribution in [0.2, 0.25) is 0 Å². The highest BCUT2D eigenvalue weighted by molar-refractivity contribution is 9.10. The maximum atomic E-state index is 13.2. The number of rotatable bonds is 1. The summed E-state index contributed by atoms with van der Waals surface area (Å²) in [6.45, 7) is 2.90. The van der Waals surface area contributed by atoms with Crippen LogP contribution in [0.15, 0.2) is 16.7 Å². The summed E-state index contributed by atoms with van der Waals surface area (Å²) in [4.78, 5) is 6.16. The molecule has 1 aromatic rings. The first-order chi connectivity index (χ1) is 6.77. The van der Waals surface area contributed by atoms with E-state index in [1.807, 2.05) is 4.90 Å². The number of nitrogens with zero attached hydrogens (tertiary/aromatic N) is 2. The number of hydrogen-bond donors (Lipinski definition) is 0. The van der Waals surface area contributed by atoms with Crippen molar-refractivity contribution in [3.63, 3.8) is 0 Å². The van der Waals surface area contributed by atoms with Gasteiger partial charge in [0.05, 0.1) is 17.7 Å². The van der Waals surface area contributed by atoms with E-state index in [2.05, 4.69) is 20.9 Å². The normalized spacial score (nSPS) is 17.1. The van der Waals surface area contributed by atoms with Crippen LogP contribution in [0.3, 0.4) is 0 Å². The summed E-state index contributed by atoms with van der Waals surface area (Å²) >= 11 is 3.07. The quantitative estimate of drug-likeness (QED) is 0.771. The number of pyridine rings is 1. The van der Waals surface area contributed by atoms with Gasteiger partial charge in [-0.05, 0) is 15.9 Å². The molecule has 0 N–H and O–H groups in total. The minimum atomic E-state index is -0.276. The molecule has 0 unspecified atom stereocenters. The van der Waals surface area contributed by atoms with E-state index in [0.29, 0.717) is 23.5 Å². The average molecular weight is 261 g/mol. The zero-order valence-corrected chi connectivity index (χ0v) is 9.13. The molecule has 1 aliphatic rings. The van der Waals surface area contributed by atoms with Gasteiger partial charge in [0.1, 0.15) is 11.6 Å². The Bertz CT molecular complexity index is 329. The van der Waals surface area contributed by atoms with Gasteiger partial charge < -0.3 is 9.64 Å². The Hall–Kier alpha value is -0.680. The first-order valence-electron chi connectivity index (χ1n) is 4.41. The number of ether oxygens (including phenoxy) is 1. The van der Waals surface area contributed by atoms with Crippen molar-refractivity contribution >= 4 is 21.7 Å². The van der Waals surface area contributed by atoms with Crippen LogP contribution in [-0.4, -0.2) is 31.3 Å². The van der Waals surface area contributed by atoms with Crippen molar-refractivity contribution < 1.29 is 9.13 Å². The third-order valence-corrected chi connectivity index (χ3v) is 2.71. The zero-order valence-electron chi connectivity index (χ0n) is 7.54. The van der Waals surface area contributed by atoms with Crippen LogP contribution < -0.4 is 4.90 Å². The van der Waals surface area contributed by atoms with E-state index >= 15 is 0 Å². The third kappa shape index (κ3) is 2.04. The summed E-state index contributed by atoms with van der Waals surface area (Å²) in [7, 11) is 0. The van der Waals surface area contributed by atoms with Gasteiger partial charge in [-0.1, -0.05) is 0 Å². The predicted octanol–water partition coefficient (Wildman–Crippen LogP) is 1.82. The molecule has 0 saturated carbocycles. The first-order valence-corrected chi connectivity index (χ1v) is 5.20. The lowest BCUT2D eigenvalue weighted by Gasteiger charge is -2.27. The van der Waals surface area contributed by atoms with Gasteiger partial charge in [0, 0.05) is 25.4 Å². The second-order valence-corrected chi connectivity index (χ2v) is 3.91. The van der Waals surface area contributed by atoms with Crippen LogP contribution in [0.1, 0.15) is 0 Å². The smallest absolute Gasteiger partial charge is 0.142 e. The minimum Gasteiger partial charge on any atom is -0.378 e. The Balaban J connectivity index is 2.18. The van der Waals surface area contributed by atoms with E-state index in [1.165, 1.54) is 12.3 Å². The molecule has 0 radical (unpaired) electrons. The molecule has 1 aliphatic heterocycles. The molecule has 76 valence electrons. The summed E-state index contributed by atoms with van der Waals surface area (Å²) in [5, 5.41) is 0. The summed E-state index contributed by atoms with van der Waals surface area (Å²) in [6, 6.07) is 1.44. The average Bonchev–Trinajstić information content (AvgIpc) is 2.23. The van der Waals surface area contributed by atoms with Crippen LogP contribution in [0.5, 0.6) is 0 Å². The molecule has 5 heteroatoms. The molecule has 0 bridgehead atoms. The molecule has 14 heavy (non-hydrogen) atoms. The predicted molar refractivity (Wildman–Crippen MR) is 54.9 cm³/mol. The van der Waals surface area contributed by atoms with Crippen molar-refractivity contribution in [1.29, 1.82) is 0 Å². The van der Waals surface area contributed by atoms with Crippen LogP contribution in [0.25, 0.3) is 0 Å². The molecule has 1 aromatic heterocycles. The van der Waals surface area contributed by atoms with Crippen LogP contribution in [-0.2, 0) is 4.74 Å². The van der Waals surface area contributed by atoms with E-state index in [1.54, 1.807) is 0 Å². The molecule has 2 rings (SSSR count). The van der Waals surface area contributed by atoms with Crippen molar-refractivity contribution in [2.45, 2.75) is 0 Å².